The lowest BCUT2D eigenvalue weighted by Gasteiger charge is -2.39. The summed E-state index contributed by atoms with van der Waals surface area (Å²) in [5, 5.41) is 20.9. The van der Waals surface area contributed by atoms with Crippen molar-refractivity contribution in [2.45, 2.75) is 43.1 Å². The molecule has 2 rings (SSSR count). The van der Waals surface area contributed by atoms with Crippen LogP contribution in [0.4, 0.5) is 0 Å². The normalized spacial score (nSPS) is 29.3. The number of nitrogens with zero attached hydrogens (tertiary/aromatic N) is 1. The maximum absolute atomic E-state index is 12.7. The highest BCUT2D eigenvalue weighted by Gasteiger charge is 2.42. The topological polar surface area (TPSA) is 124 Å². The summed E-state index contributed by atoms with van der Waals surface area (Å²) < 4.78 is 0. The number of hydrogen-bond acceptors (Lipinski definition) is 6. The molecule has 2 fully saturated rings. The molecule has 0 radical (unpaired) electrons. The van der Waals surface area contributed by atoms with Gasteiger partial charge in [0.05, 0.1) is 11.4 Å². The van der Waals surface area contributed by atoms with Gasteiger partial charge in [0.25, 0.3) is 0 Å². The Balaban J connectivity index is 2.10. The molecule has 0 aromatic carbocycles. The SMILES string of the molecule is O=CC(CN[C@H]1CCS[C@H]2CCC[C@@H](C(=O)O)N2C1=O)C(=O)O. The molecule has 0 saturated carbocycles. The molecule has 2 aliphatic heterocycles. The zero-order chi connectivity index (χ0) is 17.0. The Hall–Kier alpha value is -1.61. The van der Waals surface area contributed by atoms with Gasteiger partial charge in [-0.15, -0.1) is 11.8 Å². The first-order valence-corrected chi connectivity index (χ1v) is 8.58. The Kier molecular flexibility index (Phi) is 6.00. The second-order valence-corrected chi connectivity index (χ2v) is 6.97. The minimum absolute atomic E-state index is 0.143. The summed E-state index contributed by atoms with van der Waals surface area (Å²) >= 11 is 1.56. The molecular weight excluding hydrogens is 324 g/mol. The number of carbonyl (C=O) groups is 4. The molecule has 0 aromatic rings. The lowest BCUT2D eigenvalue weighted by Crippen LogP contribution is -2.57. The van der Waals surface area contributed by atoms with E-state index in [1.54, 1.807) is 11.8 Å². The van der Waals surface area contributed by atoms with E-state index in [1.165, 1.54) is 4.90 Å². The van der Waals surface area contributed by atoms with Crippen LogP contribution in [0, 0.1) is 5.92 Å². The van der Waals surface area contributed by atoms with Gasteiger partial charge in [0.2, 0.25) is 5.91 Å². The van der Waals surface area contributed by atoms with Crippen molar-refractivity contribution in [3.63, 3.8) is 0 Å². The van der Waals surface area contributed by atoms with E-state index in [4.69, 9.17) is 5.11 Å². The molecule has 9 heteroatoms. The minimum atomic E-state index is -1.25. The molecule has 1 amide bonds. The Labute approximate surface area is 137 Å². The minimum Gasteiger partial charge on any atom is -0.481 e. The highest BCUT2D eigenvalue weighted by molar-refractivity contribution is 7.99. The number of amides is 1. The van der Waals surface area contributed by atoms with Crippen LogP contribution < -0.4 is 5.32 Å². The molecule has 4 atom stereocenters. The third-order valence-corrected chi connectivity index (χ3v) is 5.51. The Bertz CT molecular complexity index is 500. The van der Waals surface area contributed by atoms with Crippen molar-refractivity contribution in [2.24, 2.45) is 5.92 Å². The maximum atomic E-state index is 12.7. The van der Waals surface area contributed by atoms with Gasteiger partial charge in [-0.2, -0.15) is 0 Å². The number of piperidine rings is 1. The van der Waals surface area contributed by atoms with Crippen molar-refractivity contribution in [3.8, 4) is 0 Å². The first-order valence-electron chi connectivity index (χ1n) is 7.53. The predicted molar refractivity (Wildman–Crippen MR) is 82.0 cm³/mol. The summed E-state index contributed by atoms with van der Waals surface area (Å²) in [5.41, 5.74) is 0. The lowest BCUT2D eigenvalue weighted by atomic mass is 10.00. The fourth-order valence-corrected chi connectivity index (χ4v) is 4.33. The number of carbonyl (C=O) groups excluding carboxylic acids is 2. The zero-order valence-corrected chi connectivity index (χ0v) is 13.3. The molecule has 1 unspecified atom stereocenters. The van der Waals surface area contributed by atoms with Gasteiger partial charge in [-0.25, -0.2) is 4.79 Å². The number of rotatable bonds is 6. The number of thioether (sulfide) groups is 1. The predicted octanol–water partition coefficient (Wildman–Crippen LogP) is -0.227. The van der Waals surface area contributed by atoms with E-state index in [0.29, 0.717) is 24.9 Å². The van der Waals surface area contributed by atoms with Crippen LogP contribution in [0.25, 0.3) is 0 Å². The lowest BCUT2D eigenvalue weighted by molar-refractivity contribution is -0.153. The Morgan fingerprint density at radius 2 is 2.09 bits per heavy atom. The number of carboxylic acids is 2. The van der Waals surface area contributed by atoms with Crippen LogP contribution in [0.2, 0.25) is 0 Å². The maximum Gasteiger partial charge on any atom is 0.326 e. The van der Waals surface area contributed by atoms with Crippen molar-refractivity contribution >= 4 is 35.9 Å². The molecule has 0 spiro atoms. The molecule has 0 aliphatic carbocycles. The molecule has 2 heterocycles. The molecule has 2 aliphatic rings. The van der Waals surface area contributed by atoms with Gasteiger partial charge in [-0.05, 0) is 31.4 Å². The molecule has 8 nitrogen and oxygen atoms in total. The van der Waals surface area contributed by atoms with E-state index < -0.39 is 29.9 Å². The summed E-state index contributed by atoms with van der Waals surface area (Å²) in [6.07, 6.45) is 2.77. The van der Waals surface area contributed by atoms with Gasteiger partial charge < -0.3 is 25.2 Å². The average Bonchev–Trinajstić information content (AvgIpc) is 2.67. The van der Waals surface area contributed by atoms with Crippen LogP contribution in [0.1, 0.15) is 25.7 Å². The number of fused-ring (bicyclic) bond motifs is 1. The summed E-state index contributed by atoms with van der Waals surface area (Å²) in [7, 11) is 0. The zero-order valence-electron chi connectivity index (χ0n) is 12.5. The number of carboxylic acid groups (broad SMARTS) is 2. The van der Waals surface area contributed by atoms with Crippen molar-refractivity contribution in [1.29, 1.82) is 0 Å². The highest BCUT2D eigenvalue weighted by Crippen LogP contribution is 2.34. The van der Waals surface area contributed by atoms with Crippen molar-refractivity contribution in [1.82, 2.24) is 10.2 Å². The second kappa shape index (κ2) is 7.78. The first-order chi connectivity index (χ1) is 11.0. The van der Waals surface area contributed by atoms with Crippen LogP contribution in [0.3, 0.4) is 0 Å². The van der Waals surface area contributed by atoms with E-state index in [2.05, 4.69) is 5.32 Å². The van der Waals surface area contributed by atoms with Gasteiger partial charge >= 0.3 is 11.9 Å². The van der Waals surface area contributed by atoms with E-state index in [9.17, 15) is 24.3 Å². The first kappa shape index (κ1) is 17.7. The van der Waals surface area contributed by atoms with E-state index in [0.717, 1.165) is 12.8 Å². The van der Waals surface area contributed by atoms with Crippen LogP contribution in [-0.2, 0) is 19.2 Å². The standard InChI is InChI=1S/C14H20N2O6S/c17-7-8(13(19)20)6-15-9-4-5-23-11-3-1-2-10(14(21)22)16(11)12(9)18/h7-11,15H,1-6H2,(H,19,20)(H,21,22)/t8?,9-,10-,11-/m0/s1. The van der Waals surface area contributed by atoms with Crippen molar-refractivity contribution < 1.29 is 29.4 Å². The number of hydrogen-bond donors (Lipinski definition) is 3. The highest BCUT2D eigenvalue weighted by atomic mass is 32.2. The van der Waals surface area contributed by atoms with E-state index in [1.807, 2.05) is 0 Å². The summed E-state index contributed by atoms with van der Waals surface area (Å²) in [5.74, 6) is -3.12. The second-order valence-electron chi connectivity index (χ2n) is 5.69. The summed E-state index contributed by atoms with van der Waals surface area (Å²) in [6, 6.07) is -1.49. The van der Waals surface area contributed by atoms with Gasteiger partial charge in [-0.1, -0.05) is 0 Å². The monoisotopic (exact) mass is 344 g/mol. The van der Waals surface area contributed by atoms with Crippen LogP contribution in [0.5, 0.6) is 0 Å². The smallest absolute Gasteiger partial charge is 0.326 e. The van der Waals surface area contributed by atoms with Crippen LogP contribution in [0.15, 0.2) is 0 Å². The average molecular weight is 344 g/mol. The summed E-state index contributed by atoms with van der Waals surface area (Å²) in [6.45, 7) is -0.143. The van der Waals surface area contributed by atoms with E-state index >= 15 is 0 Å². The molecule has 128 valence electrons. The molecule has 0 bridgehead atoms. The fraction of sp³-hybridized carbons (Fsp3) is 0.714. The Morgan fingerprint density at radius 3 is 2.70 bits per heavy atom. The van der Waals surface area contributed by atoms with Gasteiger partial charge in [0.15, 0.2) is 0 Å². The van der Waals surface area contributed by atoms with Gasteiger partial charge in [0.1, 0.15) is 18.2 Å². The number of aliphatic carboxylic acids is 2. The third-order valence-electron chi connectivity index (χ3n) is 4.19. The molecule has 2 saturated heterocycles. The van der Waals surface area contributed by atoms with Crippen molar-refractivity contribution in [2.75, 3.05) is 12.3 Å². The third kappa shape index (κ3) is 4.03. The summed E-state index contributed by atoms with van der Waals surface area (Å²) in [4.78, 5) is 47.2. The quantitative estimate of drug-likeness (QED) is 0.446. The largest absolute Gasteiger partial charge is 0.481 e. The molecule has 23 heavy (non-hydrogen) atoms. The van der Waals surface area contributed by atoms with Crippen molar-refractivity contribution in [3.05, 3.63) is 0 Å². The molecule has 0 aromatic heterocycles. The Morgan fingerprint density at radius 1 is 1.35 bits per heavy atom. The van der Waals surface area contributed by atoms with Crippen LogP contribution >= 0.6 is 11.8 Å². The number of nitrogens with one attached hydrogen (secondary N) is 1. The van der Waals surface area contributed by atoms with Gasteiger partial charge in [-0.3, -0.25) is 9.59 Å². The molecular formula is C14H20N2O6S. The number of aldehydes is 1. The molecule has 3 N–H and O–H groups in total. The van der Waals surface area contributed by atoms with Gasteiger partial charge in [0, 0.05) is 6.54 Å². The van der Waals surface area contributed by atoms with E-state index in [-0.39, 0.29) is 17.8 Å². The fourth-order valence-electron chi connectivity index (χ4n) is 2.94. The van der Waals surface area contributed by atoms with Crippen LogP contribution in [-0.4, -0.2) is 69.0 Å².